The van der Waals surface area contributed by atoms with E-state index in [1.807, 2.05) is 55.5 Å². The molecule has 270 valence electrons. The van der Waals surface area contributed by atoms with E-state index in [9.17, 15) is 14.7 Å². The van der Waals surface area contributed by atoms with Crippen LogP contribution in [0.15, 0.2) is 60.8 Å². The number of nitrogens with zero attached hydrogens (tertiary/aromatic N) is 6. The van der Waals surface area contributed by atoms with Crippen LogP contribution < -0.4 is 10.2 Å². The monoisotopic (exact) mass is 719 g/mol. The number of carboxylic acids is 1. The zero-order valence-corrected chi connectivity index (χ0v) is 30.8. The lowest BCUT2D eigenvalue weighted by Crippen LogP contribution is -2.59. The molecule has 1 atom stereocenters. The summed E-state index contributed by atoms with van der Waals surface area (Å²) in [4.78, 5) is 40.4. The average Bonchev–Trinajstić information content (AvgIpc) is 3.72. The van der Waals surface area contributed by atoms with Gasteiger partial charge in [0.2, 0.25) is 0 Å². The van der Waals surface area contributed by atoms with Crippen LogP contribution in [0.3, 0.4) is 0 Å². The van der Waals surface area contributed by atoms with Crippen LogP contribution in [0.5, 0.6) is 0 Å². The molecular formula is C40H45N7O4S. The Bertz CT molecular complexity index is 2120. The summed E-state index contributed by atoms with van der Waals surface area (Å²) in [5, 5.41) is 18.9. The Balaban J connectivity index is 1.05. The fraction of sp³-hybridized carbons (Fsp3) is 0.425. The van der Waals surface area contributed by atoms with E-state index in [1.165, 1.54) is 24.2 Å². The average molecular weight is 720 g/mol. The minimum atomic E-state index is -1.09. The van der Waals surface area contributed by atoms with Crippen molar-refractivity contribution >= 4 is 44.4 Å². The van der Waals surface area contributed by atoms with Crippen LogP contribution in [-0.2, 0) is 24.2 Å². The third-order valence-corrected chi connectivity index (χ3v) is 12.2. The third-order valence-electron chi connectivity index (χ3n) is 11.3. The number of pyridine rings is 1. The van der Waals surface area contributed by atoms with E-state index in [4.69, 9.17) is 14.8 Å². The summed E-state index contributed by atoms with van der Waals surface area (Å²) >= 11 is 1.44. The molecule has 0 spiro atoms. The minimum absolute atomic E-state index is 0.00509. The predicted molar refractivity (Wildman–Crippen MR) is 203 cm³/mol. The number of anilines is 2. The molecule has 5 aromatic rings. The number of morpholine rings is 1. The molecule has 1 aliphatic carbocycles. The summed E-state index contributed by atoms with van der Waals surface area (Å²) in [6.45, 7) is 11.9. The SMILES string of the molecule is Cc1c(-c2ccc(N3CCc4cccc(C(=O)Nc5nc6ccccc6s5)c4C3)nc2C(=O)O)cnn1CC1(N2CCOCC2)CCCC(C)(C)C1. The normalized spacial score (nSPS) is 20.5. The van der Waals surface area contributed by atoms with Crippen molar-refractivity contribution in [3.63, 3.8) is 0 Å². The molecule has 2 aliphatic heterocycles. The van der Waals surface area contributed by atoms with Crippen molar-refractivity contribution in [1.29, 1.82) is 0 Å². The maximum Gasteiger partial charge on any atom is 0.355 e. The number of fused-ring (bicyclic) bond motifs is 2. The largest absolute Gasteiger partial charge is 0.476 e. The van der Waals surface area contributed by atoms with Crippen molar-refractivity contribution < 1.29 is 19.4 Å². The van der Waals surface area contributed by atoms with Crippen molar-refractivity contribution in [3.8, 4) is 11.1 Å². The van der Waals surface area contributed by atoms with E-state index in [2.05, 4.69) is 44.7 Å². The molecule has 5 heterocycles. The summed E-state index contributed by atoms with van der Waals surface area (Å²) in [7, 11) is 0. The fourth-order valence-electron chi connectivity index (χ4n) is 8.74. The summed E-state index contributed by atoms with van der Waals surface area (Å²) < 4.78 is 8.81. The van der Waals surface area contributed by atoms with Crippen LogP contribution in [0.4, 0.5) is 10.9 Å². The Morgan fingerprint density at radius 1 is 0.981 bits per heavy atom. The van der Waals surface area contributed by atoms with Crippen LogP contribution >= 0.6 is 11.3 Å². The Hall–Kier alpha value is -4.65. The van der Waals surface area contributed by atoms with Gasteiger partial charge < -0.3 is 14.7 Å². The van der Waals surface area contributed by atoms with Gasteiger partial charge >= 0.3 is 5.97 Å². The molecule has 3 aliphatic rings. The van der Waals surface area contributed by atoms with Gasteiger partial charge in [-0.1, -0.05) is 55.9 Å². The van der Waals surface area contributed by atoms with E-state index in [0.717, 1.165) is 78.3 Å². The first-order valence-electron chi connectivity index (χ1n) is 18.2. The Morgan fingerprint density at radius 3 is 2.60 bits per heavy atom. The van der Waals surface area contributed by atoms with E-state index in [0.29, 0.717) is 41.6 Å². The van der Waals surface area contributed by atoms with Gasteiger partial charge in [-0.15, -0.1) is 0 Å². The minimum Gasteiger partial charge on any atom is -0.476 e. The molecule has 3 aromatic heterocycles. The van der Waals surface area contributed by atoms with Crippen LogP contribution in [-0.4, -0.2) is 80.0 Å². The topological polar surface area (TPSA) is 126 Å². The summed E-state index contributed by atoms with van der Waals surface area (Å²) in [6.07, 6.45) is 7.07. The lowest BCUT2D eigenvalue weighted by atomic mass is 9.67. The van der Waals surface area contributed by atoms with E-state index < -0.39 is 5.97 Å². The number of carboxylic acid groups (broad SMARTS) is 1. The molecule has 2 fully saturated rings. The first-order chi connectivity index (χ1) is 25.1. The van der Waals surface area contributed by atoms with Gasteiger partial charge in [0.15, 0.2) is 10.8 Å². The quantitative estimate of drug-likeness (QED) is 0.174. The maximum absolute atomic E-state index is 13.6. The molecular weight excluding hydrogens is 675 g/mol. The van der Waals surface area contributed by atoms with Gasteiger partial charge in [0.25, 0.3) is 5.91 Å². The van der Waals surface area contributed by atoms with Gasteiger partial charge in [0.05, 0.1) is 36.2 Å². The van der Waals surface area contributed by atoms with E-state index in [-0.39, 0.29) is 22.6 Å². The first kappa shape index (κ1) is 34.4. The molecule has 2 aromatic carbocycles. The summed E-state index contributed by atoms with van der Waals surface area (Å²) in [5.74, 6) is -0.739. The second-order valence-electron chi connectivity index (χ2n) is 15.2. The van der Waals surface area contributed by atoms with Crippen molar-refractivity contribution in [1.82, 2.24) is 24.6 Å². The number of thiazole rings is 1. The maximum atomic E-state index is 13.6. The zero-order chi connectivity index (χ0) is 36.0. The van der Waals surface area contributed by atoms with Crippen molar-refractivity contribution in [3.05, 3.63) is 88.9 Å². The lowest BCUT2D eigenvalue weighted by molar-refractivity contribution is -0.0665. The highest BCUT2D eigenvalue weighted by Crippen LogP contribution is 2.45. The van der Waals surface area contributed by atoms with Crippen LogP contribution in [0.25, 0.3) is 21.3 Å². The Morgan fingerprint density at radius 2 is 1.81 bits per heavy atom. The Labute approximate surface area is 307 Å². The summed E-state index contributed by atoms with van der Waals surface area (Å²) in [6, 6.07) is 17.4. The number of benzene rings is 2. The molecule has 0 radical (unpaired) electrons. The number of para-hydroxylation sites is 1. The summed E-state index contributed by atoms with van der Waals surface area (Å²) in [5.41, 5.74) is 5.89. The number of aromatic nitrogens is 4. The fourth-order valence-corrected chi connectivity index (χ4v) is 9.60. The molecule has 52 heavy (non-hydrogen) atoms. The van der Waals surface area contributed by atoms with E-state index >= 15 is 0 Å². The van der Waals surface area contributed by atoms with Crippen molar-refractivity contribution in [2.75, 3.05) is 43.1 Å². The second kappa shape index (κ2) is 13.7. The molecule has 12 heteroatoms. The number of aromatic carboxylic acids is 1. The van der Waals surface area contributed by atoms with Gasteiger partial charge in [-0.25, -0.2) is 14.8 Å². The standard InChI is InChI=1S/C40H45N7O4S/c1-26-30(22-41-47(26)25-40(46-18-20-51-21-19-46)16-7-15-39(2,3)24-40)28-12-13-34(43-35(28)37(49)50)45-17-14-27-8-6-9-29(31(27)23-45)36(48)44-38-42-32-10-4-5-11-33(32)52-38/h4-6,8-13,22H,7,14-21,23-25H2,1-3H3,(H,49,50)(H,42,44,48). The lowest BCUT2D eigenvalue weighted by Gasteiger charge is -2.52. The highest BCUT2D eigenvalue weighted by Gasteiger charge is 2.45. The second-order valence-corrected chi connectivity index (χ2v) is 16.3. The number of nitrogens with one attached hydrogen (secondary N) is 1. The molecule has 11 nitrogen and oxygen atoms in total. The predicted octanol–water partition coefficient (Wildman–Crippen LogP) is 7.05. The highest BCUT2D eigenvalue weighted by atomic mass is 32.1. The first-order valence-corrected chi connectivity index (χ1v) is 19.0. The van der Waals surface area contributed by atoms with Crippen LogP contribution in [0.2, 0.25) is 0 Å². The van der Waals surface area contributed by atoms with Crippen LogP contribution in [0.1, 0.15) is 77.2 Å². The van der Waals surface area contributed by atoms with Gasteiger partial charge in [-0.2, -0.15) is 5.10 Å². The molecule has 0 bridgehead atoms. The Kier molecular flexibility index (Phi) is 9.09. The molecule has 1 saturated carbocycles. The number of carbonyl (C=O) groups is 2. The molecule has 8 rings (SSSR count). The zero-order valence-electron chi connectivity index (χ0n) is 30.0. The highest BCUT2D eigenvalue weighted by molar-refractivity contribution is 7.22. The number of hydrogen-bond acceptors (Lipinski definition) is 9. The number of amides is 1. The van der Waals surface area contributed by atoms with Crippen molar-refractivity contribution in [2.45, 2.75) is 71.5 Å². The number of carbonyl (C=O) groups excluding carboxylic acids is 1. The molecule has 1 saturated heterocycles. The number of rotatable bonds is 8. The van der Waals surface area contributed by atoms with Crippen molar-refractivity contribution in [2.24, 2.45) is 5.41 Å². The van der Waals surface area contributed by atoms with Gasteiger partial charge in [-0.3, -0.25) is 19.7 Å². The molecule has 1 unspecified atom stereocenters. The third kappa shape index (κ3) is 6.59. The molecule has 2 N–H and O–H groups in total. The van der Waals surface area contributed by atoms with E-state index in [1.54, 1.807) is 6.20 Å². The van der Waals surface area contributed by atoms with Gasteiger partial charge in [-0.05, 0) is 79.5 Å². The molecule has 1 amide bonds. The number of ether oxygens (including phenoxy) is 1. The van der Waals surface area contributed by atoms with Crippen LogP contribution in [0, 0.1) is 12.3 Å². The van der Waals surface area contributed by atoms with Gasteiger partial charge in [0, 0.05) is 54.1 Å². The smallest absolute Gasteiger partial charge is 0.355 e. The van der Waals surface area contributed by atoms with Gasteiger partial charge in [0.1, 0.15) is 5.82 Å². The number of hydrogen-bond donors (Lipinski definition) is 2.